The highest BCUT2D eigenvalue weighted by Gasteiger charge is 2.05. The zero-order valence-corrected chi connectivity index (χ0v) is 10.9. The molecular formula is C12H14ClN5. The van der Waals surface area contributed by atoms with Crippen molar-refractivity contribution in [2.75, 3.05) is 10.7 Å². The van der Waals surface area contributed by atoms with Gasteiger partial charge < -0.3 is 10.7 Å². The van der Waals surface area contributed by atoms with Gasteiger partial charge in [0.2, 0.25) is 0 Å². The quantitative estimate of drug-likeness (QED) is 0.586. The molecule has 0 bridgehead atoms. The fourth-order valence-corrected chi connectivity index (χ4v) is 1.76. The number of halogens is 1. The first-order valence-electron chi connectivity index (χ1n) is 5.44. The lowest BCUT2D eigenvalue weighted by Crippen LogP contribution is -2.10. The van der Waals surface area contributed by atoms with Gasteiger partial charge in [-0.2, -0.15) is 0 Å². The maximum Gasteiger partial charge on any atom is 0.145 e. The van der Waals surface area contributed by atoms with Crippen LogP contribution in [0.15, 0.2) is 24.3 Å². The fourth-order valence-electron chi connectivity index (χ4n) is 1.59. The van der Waals surface area contributed by atoms with Crippen LogP contribution in [0.4, 0.5) is 17.3 Å². The van der Waals surface area contributed by atoms with Crippen LogP contribution < -0.4 is 16.6 Å². The zero-order valence-electron chi connectivity index (χ0n) is 10.2. The lowest BCUT2D eigenvalue weighted by atomic mass is 10.2. The second-order valence-electron chi connectivity index (χ2n) is 3.87. The predicted octanol–water partition coefficient (Wildman–Crippen LogP) is 2.78. The van der Waals surface area contributed by atoms with Crippen molar-refractivity contribution in [3.05, 3.63) is 40.7 Å². The number of anilines is 3. The van der Waals surface area contributed by atoms with Crippen LogP contribution in [0.25, 0.3) is 0 Å². The Kier molecular flexibility index (Phi) is 3.64. The van der Waals surface area contributed by atoms with E-state index in [1.807, 2.05) is 25.1 Å². The number of nitrogen functional groups attached to an aromatic ring is 1. The monoisotopic (exact) mass is 263 g/mol. The second-order valence-corrected chi connectivity index (χ2v) is 4.27. The molecule has 5 nitrogen and oxygen atoms in total. The third-order valence-corrected chi connectivity index (χ3v) is 2.93. The molecule has 0 unspecified atom stereocenters. The van der Waals surface area contributed by atoms with Crippen molar-refractivity contribution >= 4 is 28.9 Å². The number of hydrogen-bond donors (Lipinski definition) is 3. The van der Waals surface area contributed by atoms with Crippen molar-refractivity contribution in [1.29, 1.82) is 0 Å². The first-order valence-corrected chi connectivity index (χ1v) is 5.82. The van der Waals surface area contributed by atoms with Crippen LogP contribution in [0.2, 0.25) is 5.02 Å². The van der Waals surface area contributed by atoms with Crippen LogP contribution >= 0.6 is 11.6 Å². The summed E-state index contributed by atoms with van der Waals surface area (Å²) in [5, 5.41) is 3.91. The molecule has 0 radical (unpaired) electrons. The zero-order chi connectivity index (χ0) is 13.1. The molecular weight excluding hydrogens is 250 g/mol. The number of rotatable bonds is 3. The topological polar surface area (TPSA) is 75.9 Å². The number of hydrogen-bond acceptors (Lipinski definition) is 5. The molecule has 0 aliphatic carbocycles. The highest BCUT2D eigenvalue weighted by molar-refractivity contribution is 6.31. The molecule has 1 heterocycles. The highest BCUT2D eigenvalue weighted by atomic mass is 35.5. The van der Waals surface area contributed by atoms with E-state index in [2.05, 4.69) is 20.7 Å². The molecule has 0 fully saturated rings. The minimum atomic E-state index is 0.560. The molecule has 0 saturated heterocycles. The Morgan fingerprint density at radius 2 is 1.89 bits per heavy atom. The van der Waals surface area contributed by atoms with Gasteiger partial charge in [-0.3, -0.25) is 0 Å². The summed E-state index contributed by atoms with van der Waals surface area (Å²) in [4.78, 5) is 8.41. The van der Waals surface area contributed by atoms with Crippen LogP contribution in [-0.4, -0.2) is 9.97 Å². The standard InChI is InChI=1S/C12H14ClN5/c1-7-9(13)4-3-5-10(7)17-11-6-12(18-14)16-8(2)15-11/h3-6H,14H2,1-2H3,(H2,15,16,17,18). The Morgan fingerprint density at radius 3 is 2.61 bits per heavy atom. The summed E-state index contributed by atoms with van der Waals surface area (Å²) in [7, 11) is 0. The smallest absolute Gasteiger partial charge is 0.145 e. The number of aromatic nitrogens is 2. The summed E-state index contributed by atoms with van der Waals surface area (Å²) in [5.74, 6) is 7.21. The van der Waals surface area contributed by atoms with E-state index in [1.165, 1.54) is 0 Å². The molecule has 1 aromatic carbocycles. The first kappa shape index (κ1) is 12.6. The van der Waals surface area contributed by atoms with Gasteiger partial charge in [0.1, 0.15) is 17.5 Å². The summed E-state index contributed by atoms with van der Waals surface area (Å²) < 4.78 is 0. The largest absolute Gasteiger partial charge is 0.340 e. The number of benzene rings is 1. The Balaban J connectivity index is 2.34. The molecule has 2 aromatic rings. The summed E-state index contributed by atoms with van der Waals surface area (Å²) >= 11 is 6.06. The number of nitrogens with two attached hydrogens (primary N) is 1. The number of nitrogens with zero attached hydrogens (tertiary/aromatic N) is 2. The number of hydrazine groups is 1. The van der Waals surface area contributed by atoms with E-state index in [-0.39, 0.29) is 0 Å². The maximum absolute atomic E-state index is 6.06. The van der Waals surface area contributed by atoms with Gasteiger partial charge in [0.05, 0.1) is 0 Å². The van der Waals surface area contributed by atoms with Gasteiger partial charge >= 0.3 is 0 Å². The number of nitrogens with one attached hydrogen (secondary N) is 2. The molecule has 94 valence electrons. The third kappa shape index (κ3) is 2.69. The molecule has 0 atom stereocenters. The Labute approximate surface area is 110 Å². The van der Waals surface area contributed by atoms with Crippen LogP contribution in [0, 0.1) is 13.8 Å². The van der Waals surface area contributed by atoms with Crippen LogP contribution in [0.3, 0.4) is 0 Å². The minimum absolute atomic E-state index is 0.560. The fraction of sp³-hybridized carbons (Fsp3) is 0.167. The highest BCUT2D eigenvalue weighted by Crippen LogP contribution is 2.25. The van der Waals surface area contributed by atoms with E-state index in [0.717, 1.165) is 11.3 Å². The molecule has 1 aromatic heterocycles. The predicted molar refractivity (Wildman–Crippen MR) is 74.1 cm³/mol. The molecule has 0 amide bonds. The average molecular weight is 264 g/mol. The van der Waals surface area contributed by atoms with Gasteiger partial charge in [-0.25, -0.2) is 15.8 Å². The summed E-state index contributed by atoms with van der Waals surface area (Å²) in [6.07, 6.45) is 0. The van der Waals surface area contributed by atoms with E-state index in [4.69, 9.17) is 17.4 Å². The van der Waals surface area contributed by atoms with E-state index in [0.29, 0.717) is 22.5 Å². The SMILES string of the molecule is Cc1nc(NN)cc(Nc2cccc(Cl)c2C)n1. The van der Waals surface area contributed by atoms with Gasteiger partial charge in [-0.05, 0) is 31.5 Å². The Hall–Kier alpha value is -1.85. The lowest BCUT2D eigenvalue weighted by molar-refractivity contribution is 1.05. The molecule has 0 aliphatic heterocycles. The van der Waals surface area contributed by atoms with Crippen molar-refractivity contribution in [2.24, 2.45) is 5.84 Å². The van der Waals surface area contributed by atoms with Crippen LogP contribution in [0.5, 0.6) is 0 Å². The Morgan fingerprint density at radius 1 is 1.17 bits per heavy atom. The molecule has 2 rings (SSSR count). The second kappa shape index (κ2) is 5.20. The Bertz CT molecular complexity index is 570. The molecule has 0 saturated carbocycles. The molecule has 6 heteroatoms. The van der Waals surface area contributed by atoms with E-state index >= 15 is 0 Å². The van der Waals surface area contributed by atoms with Gasteiger partial charge in [-0.1, -0.05) is 17.7 Å². The lowest BCUT2D eigenvalue weighted by Gasteiger charge is -2.11. The van der Waals surface area contributed by atoms with E-state index < -0.39 is 0 Å². The van der Waals surface area contributed by atoms with Gasteiger partial charge in [0.25, 0.3) is 0 Å². The van der Waals surface area contributed by atoms with Gasteiger partial charge in [0, 0.05) is 16.8 Å². The van der Waals surface area contributed by atoms with E-state index in [9.17, 15) is 0 Å². The number of aryl methyl sites for hydroxylation is 1. The molecule has 0 spiro atoms. The first-order chi connectivity index (χ1) is 8.60. The van der Waals surface area contributed by atoms with Gasteiger partial charge in [-0.15, -0.1) is 0 Å². The van der Waals surface area contributed by atoms with Crippen molar-refractivity contribution < 1.29 is 0 Å². The molecule has 0 aliphatic rings. The normalized spacial score (nSPS) is 10.2. The summed E-state index contributed by atoms with van der Waals surface area (Å²) in [6, 6.07) is 7.40. The van der Waals surface area contributed by atoms with Crippen LogP contribution in [-0.2, 0) is 0 Å². The summed E-state index contributed by atoms with van der Waals surface area (Å²) in [6.45, 7) is 3.75. The minimum Gasteiger partial charge on any atom is -0.340 e. The van der Waals surface area contributed by atoms with Crippen molar-refractivity contribution in [3.8, 4) is 0 Å². The average Bonchev–Trinajstić information content (AvgIpc) is 2.34. The van der Waals surface area contributed by atoms with Crippen molar-refractivity contribution in [3.63, 3.8) is 0 Å². The molecule has 18 heavy (non-hydrogen) atoms. The van der Waals surface area contributed by atoms with Crippen molar-refractivity contribution in [2.45, 2.75) is 13.8 Å². The van der Waals surface area contributed by atoms with Gasteiger partial charge in [0.15, 0.2) is 0 Å². The van der Waals surface area contributed by atoms with E-state index in [1.54, 1.807) is 13.0 Å². The van der Waals surface area contributed by atoms with Crippen LogP contribution in [0.1, 0.15) is 11.4 Å². The van der Waals surface area contributed by atoms with Crippen molar-refractivity contribution in [1.82, 2.24) is 9.97 Å². The summed E-state index contributed by atoms with van der Waals surface area (Å²) in [5.41, 5.74) is 4.38. The maximum atomic E-state index is 6.06. The molecule has 4 N–H and O–H groups in total. The third-order valence-electron chi connectivity index (χ3n) is 2.52.